The lowest BCUT2D eigenvalue weighted by Crippen LogP contribution is -2.00. The van der Waals surface area contributed by atoms with Crippen molar-refractivity contribution in [2.24, 2.45) is 0 Å². The number of hydrogen-bond donors (Lipinski definition) is 1. The molecule has 0 aliphatic carbocycles. The number of ether oxygens (including phenoxy) is 1. The zero-order chi connectivity index (χ0) is 15.2. The second-order valence-corrected chi connectivity index (χ2v) is 5.34. The van der Waals surface area contributed by atoms with Crippen molar-refractivity contribution in [1.29, 1.82) is 0 Å². The van der Waals surface area contributed by atoms with E-state index in [0.717, 1.165) is 17.8 Å². The average Bonchev–Trinajstić information content (AvgIpc) is 2.98. The van der Waals surface area contributed by atoms with Crippen molar-refractivity contribution >= 4 is 0 Å². The smallest absolute Gasteiger partial charge is 0.0925 e. The normalized spacial score (nSPS) is 10.8. The lowest BCUT2D eigenvalue weighted by atomic mass is 10.0. The van der Waals surface area contributed by atoms with E-state index in [9.17, 15) is 0 Å². The van der Waals surface area contributed by atoms with Gasteiger partial charge in [-0.05, 0) is 23.6 Å². The van der Waals surface area contributed by atoms with Gasteiger partial charge in [-0.15, -0.1) is 0 Å². The van der Waals surface area contributed by atoms with E-state index < -0.39 is 0 Å². The van der Waals surface area contributed by atoms with Crippen LogP contribution in [0.3, 0.4) is 0 Å². The van der Waals surface area contributed by atoms with Crippen molar-refractivity contribution in [3.63, 3.8) is 0 Å². The van der Waals surface area contributed by atoms with Crippen molar-refractivity contribution in [2.45, 2.75) is 20.0 Å². The first-order valence-electron chi connectivity index (χ1n) is 7.54. The van der Waals surface area contributed by atoms with Crippen LogP contribution in [-0.4, -0.2) is 16.6 Å². The van der Waals surface area contributed by atoms with E-state index in [4.69, 9.17) is 4.74 Å². The number of imidazole rings is 1. The Kier molecular flexibility index (Phi) is 4.66. The van der Waals surface area contributed by atoms with Gasteiger partial charge in [-0.3, -0.25) is 0 Å². The Balaban J connectivity index is 1.50. The van der Waals surface area contributed by atoms with Crippen molar-refractivity contribution in [3.05, 3.63) is 77.9 Å². The van der Waals surface area contributed by atoms with Gasteiger partial charge in [0.1, 0.15) is 0 Å². The lowest BCUT2D eigenvalue weighted by molar-refractivity contribution is 0.123. The highest BCUT2D eigenvalue weighted by molar-refractivity contribution is 5.63. The summed E-state index contributed by atoms with van der Waals surface area (Å²) in [6.45, 7) is 3.36. The Morgan fingerprint density at radius 1 is 0.955 bits per heavy atom. The number of aryl methyl sites for hydroxylation is 1. The molecular formula is C19H20N2O. The Hall–Kier alpha value is -2.39. The van der Waals surface area contributed by atoms with Crippen LogP contribution in [0.2, 0.25) is 0 Å². The largest absolute Gasteiger partial charge is 0.376 e. The zero-order valence-corrected chi connectivity index (χ0v) is 12.8. The number of aromatic amines is 1. The standard InChI is InChI=1S/C19H20N2O/c1-15-19(21-14-20-15)11-12-22-13-16-7-9-18(10-8-16)17-5-3-2-4-6-17/h2-10,14H,11-13H2,1H3,(H,20,21). The first-order valence-corrected chi connectivity index (χ1v) is 7.54. The molecule has 0 bridgehead atoms. The molecule has 3 heteroatoms. The van der Waals surface area contributed by atoms with Gasteiger partial charge in [-0.25, -0.2) is 4.98 Å². The minimum atomic E-state index is 0.637. The summed E-state index contributed by atoms with van der Waals surface area (Å²) in [4.78, 5) is 7.35. The third kappa shape index (κ3) is 3.62. The van der Waals surface area contributed by atoms with E-state index in [1.807, 2.05) is 13.0 Å². The topological polar surface area (TPSA) is 37.9 Å². The first kappa shape index (κ1) is 14.5. The number of benzene rings is 2. The highest BCUT2D eigenvalue weighted by Crippen LogP contribution is 2.19. The minimum Gasteiger partial charge on any atom is -0.376 e. The lowest BCUT2D eigenvalue weighted by Gasteiger charge is -2.06. The molecule has 0 unspecified atom stereocenters. The summed E-state index contributed by atoms with van der Waals surface area (Å²) in [5.74, 6) is 0. The molecule has 0 aliphatic rings. The molecule has 2 aromatic carbocycles. The molecule has 3 nitrogen and oxygen atoms in total. The van der Waals surface area contributed by atoms with Gasteiger partial charge in [0.15, 0.2) is 0 Å². The van der Waals surface area contributed by atoms with Crippen LogP contribution in [-0.2, 0) is 17.8 Å². The van der Waals surface area contributed by atoms with E-state index >= 15 is 0 Å². The molecule has 0 atom stereocenters. The van der Waals surface area contributed by atoms with Crippen LogP contribution in [0.4, 0.5) is 0 Å². The highest BCUT2D eigenvalue weighted by atomic mass is 16.5. The van der Waals surface area contributed by atoms with Gasteiger partial charge in [0.05, 0.1) is 25.2 Å². The Labute approximate surface area is 131 Å². The maximum atomic E-state index is 5.74. The van der Waals surface area contributed by atoms with E-state index in [2.05, 4.69) is 58.5 Å². The summed E-state index contributed by atoms with van der Waals surface area (Å²) < 4.78 is 5.74. The van der Waals surface area contributed by atoms with Crippen LogP contribution < -0.4 is 0 Å². The molecule has 0 radical (unpaired) electrons. The van der Waals surface area contributed by atoms with E-state index in [-0.39, 0.29) is 0 Å². The molecular weight excluding hydrogens is 272 g/mol. The molecule has 1 aromatic heterocycles. The maximum absolute atomic E-state index is 5.74. The quantitative estimate of drug-likeness (QED) is 0.693. The van der Waals surface area contributed by atoms with E-state index in [1.165, 1.54) is 16.7 Å². The molecule has 1 heterocycles. The van der Waals surface area contributed by atoms with Crippen molar-refractivity contribution in [1.82, 2.24) is 9.97 Å². The summed E-state index contributed by atoms with van der Waals surface area (Å²) in [7, 11) is 0. The predicted octanol–water partition coefficient (Wildman–Crippen LogP) is 4.14. The Bertz CT molecular complexity index is 702. The number of nitrogens with zero attached hydrogens (tertiary/aromatic N) is 1. The summed E-state index contributed by atoms with van der Waals surface area (Å²) >= 11 is 0. The second-order valence-electron chi connectivity index (χ2n) is 5.34. The molecule has 22 heavy (non-hydrogen) atoms. The Morgan fingerprint density at radius 3 is 2.36 bits per heavy atom. The van der Waals surface area contributed by atoms with Crippen molar-refractivity contribution < 1.29 is 4.74 Å². The number of aromatic nitrogens is 2. The first-order chi connectivity index (χ1) is 10.8. The van der Waals surface area contributed by atoms with Crippen LogP contribution in [0.15, 0.2) is 60.9 Å². The minimum absolute atomic E-state index is 0.637. The van der Waals surface area contributed by atoms with Crippen LogP contribution in [0, 0.1) is 6.92 Å². The third-order valence-corrected chi connectivity index (χ3v) is 3.75. The van der Waals surface area contributed by atoms with Gasteiger partial charge < -0.3 is 9.72 Å². The number of rotatable bonds is 6. The SMILES string of the molecule is Cc1[nH]cnc1CCOCc1ccc(-c2ccccc2)cc1. The van der Waals surface area contributed by atoms with Crippen LogP contribution in [0.1, 0.15) is 17.0 Å². The highest BCUT2D eigenvalue weighted by Gasteiger charge is 2.01. The summed E-state index contributed by atoms with van der Waals surface area (Å²) in [6.07, 6.45) is 2.57. The van der Waals surface area contributed by atoms with E-state index in [0.29, 0.717) is 13.2 Å². The van der Waals surface area contributed by atoms with Gasteiger partial charge in [0, 0.05) is 12.1 Å². The molecule has 0 saturated heterocycles. The molecule has 3 aromatic rings. The molecule has 0 spiro atoms. The van der Waals surface area contributed by atoms with Crippen LogP contribution in [0.5, 0.6) is 0 Å². The van der Waals surface area contributed by atoms with Gasteiger partial charge in [-0.2, -0.15) is 0 Å². The fourth-order valence-electron chi connectivity index (χ4n) is 2.42. The summed E-state index contributed by atoms with van der Waals surface area (Å²) in [6, 6.07) is 18.9. The van der Waals surface area contributed by atoms with Crippen LogP contribution in [0.25, 0.3) is 11.1 Å². The fourth-order valence-corrected chi connectivity index (χ4v) is 2.42. The van der Waals surface area contributed by atoms with Gasteiger partial charge >= 0.3 is 0 Å². The van der Waals surface area contributed by atoms with Crippen molar-refractivity contribution in [2.75, 3.05) is 6.61 Å². The zero-order valence-electron chi connectivity index (χ0n) is 12.8. The molecule has 0 saturated carbocycles. The fraction of sp³-hybridized carbons (Fsp3) is 0.211. The van der Waals surface area contributed by atoms with Gasteiger partial charge in [0.2, 0.25) is 0 Å². The summed E-state index contributed by atoms with van der Waals surface area (Å²) in [5.41, 5.74) is 5.87. The van der Waals surface area contributed by atoms with Gasteiger partial charge in [-0.1, -0.05) is 54.6 Å². The monoisotopic (exact) mass is 292 g/mol. The van der Waals surface area contributed by atoms with Crippen molar-refractivity contribution in [3.8, 4) is 11.1 Å². The number of hydrogen-bond acceptors (Lipinski definition) is 2. The molecule has 0 fully saturated rings. The molecule has 3 rings (SSSR count). The van der Waals surface area contributed by atoms with E-state index in [1.54, 1.807) is 6.33 Å². The number of nitrogens with one attached hydrogen (secondary N) is 1. The van der Waals surface area contributed by atoms with Crippen LogP contribution >= 0.6 is 0 Å². The maximum Gasteiger partial charge on any atom is 0.0925 e. The molecule has 112 valence electrons. The molecule has 1 N–H and O–H groups in total. The summed E-state index contributed by atoms with van der Waals surface area (Å²) in [5, 5.41) is 0. The molecule has 0 aliphatic heterocycles. The number of H-pyrrole nitrogens is 1. The Morgan fingerprint density at radius 2 is 1.68 bits per heavy atom. The van der Waals surface area contributed by atoms with Gasteiger partial charge in [0.25, 0.3) is 0 Å². The average molecular weight is 292 g/mol. The predicted molar refractivity (Wildman–Crippen MR) is 88.6 cm³/mol. The third-order valence-electron chi connectivity index (χ3n) is 3.75. The second kappa shape index (κ2) is 7.05. The molecule has 0 amide bonds.